The number of hydrogen-bond acceptors (Lipinski definition) is 3. The van der Waals surface area contributed by atoms with E-state index in [0.717, 1.165) is 15.3 Å². The Kier molecular flexibility index (Phi) is 4.15. The quantitative estimate of drug-likeness (QED) is 0.404. The van der Waals surface area contributed by atoms with Crippen molar-refractivity contribution in [2.24, 2.45) is 0 Å². The second kappa shape index (κ2) is 6.59. The Morgan fingerprint density at radius 3 is 1.92 bits per heavy atom. The van der Waals surface area contributed by atoms with Gasteiger partial charge >= 0.3 is 0 Å². The number of nitrogens with zero attached hydrogens (tertiary/aromatic N) is 2. The van der Waals surface area contributed by atoms with Crippen LogP contribution < -0.4 is 4.90 Å². The highest BCUT2D eigenvalue weighted by atomic mass is 32.1. The van der Waals surface area contributed by atoms with Crippen molar-refractivity contribution in [1.29, 1.82) is 0 Å². The van der Waals surface area contributed by atoms with Crippen molar-refractivity contribution in [3.8, 4) is 0 Å². The summed E-state index contributed by atoms with van der Waals surface area (Å²) in [7, 11) is 0. The van der Waals surface area contributed by atoms with E-state index in [9.17, 15) is 0 Å². The molecule has 118 valence electrons. The molecule has 4 heteroatoms. The average Bonchev–Trinajstić information content (AvgIpc) is 2.96. The summed E-state index contributed by atoms with van der Waals surface area (Å²) in [4.78, 5) is 2.29. The largest absolute Gasteiger partial charge is 0.323 e. The van der Waals surface area contributed by atoms with E-state index >= 15 is 0 Å². The van der Waals surface area contributed by atoms with E-state index in [1.807, 2.05) is 12.1 Å². The molecule has 4 aromatic rings. The normalized spacial score (nSPS) is 10.8. The maximum Gasteiger partial charge on any atom is 0.163 e. The molecule has 0 bridgehead atoms. The van der Waals surface area contributed by atoms with E-state index in [1.54, 1.807) is 11.3 Å². The number of rotatable bonds is 4. The van der Waals surface area contributed by atoms with Crippen molar-refractivity contribution >= 4 is 45.1 Å². The standard InChI is InChI=1S/C20H16N2S2/c23-20-22(18-13-7-8-14-19(18)24-20)15-21(16-9-3-1-4-10-16)17-11-5-2-6-12-17/h1-14H,15H2. The summed E-state index contributed by atoms with van der Waals surface area (Å²) < 4.78 is 4.33. The van der Waals surface area contributed by atoms with Crippen LogP contribution in [0.25, 0.3) is 10.2 Å². The monoisotopic (exact) mass is 348 g/mol. The van der Waals surface area contributed by atoms with Gasteiger partial charge in [-0.3, -0.25) is 0 Å². The molecule has 0 radical (unpaired) electrons. The zero-order chi connectivity index (χ0) is 16.4. The van der Waals surface area contributed by atoms with Gasteiger partial charge in [-0.2, -0.15) is 0 Å². The first kappa shape index (κ1) is 15.1. The Hall–Kier alpha value is -2.43. The third-order valence-electron chi connectivity index (χ3n) is 3.99. The maximum absolute atomic E-state index is 5.63. The molecule has 24 heavy (non-hydrogen) atoms. The fourth-order valence-electron chi connectivity index (χ4n) is 2.82. The van der Waals surface area contributed by atoms with E-state index in [4.69, 9.17) is 12.2 Å². The van der Waals surface area contributed by atoms with Gasteiger partial charge in [0.05, 0.1) is 10.2 Å². The number of anilines is 2. The SMILES string of the molecule is S=c1sc2ccccc2n1CN(c1ccccc1)c1ccccc1. The number of fused-ring (bicyclic) bond motifs is 1. The molecule has 0 unspecified atom stereocenters. The van der Waals surface area contributed by atoms with Gasteiger partial charge in [0.15, 0.2) is 3.95 Å². The highest BCUT2D eigenvalue weighted by molar-refractivity contribution is 7.73. The molecular formula is C20H16N2S2. The van der Waals surface area contributed by atoms with Crippen LogP contribution in [0.2, 0.25) is 0 Å². The Bertz CT molecular complexity index is 964. The van der Waals surface area contributed by atoms with Gasteiger partial charge in [0.1, 0.15) is 6.67 Å². The molecular weight excluding hydrogens is 332 g/mol. The molecule has 0 aliphatic heterocycles. The summed E-state index contributed by atoms with van der Waals surface area (Å²) in [5, 5.41) is 0. The van der Waals surface area contributed by atoms with Crippen molar-refractivity contribution in [3.05, 3.63) is 88.9 Å². The summed E-state index contributed by atoms with van der Waals surface area (Å²) in [6, 6.07) is 29.2. The second-order valence-corrected chi connectivity index (χ2v) is 7.18. The zero-order valence-corrected chi connectivity index (χ0v) is 14.6. The molecule has 4 rings (SSSR count). The summed E-state index contributed by atoms with van der Waals surface area (Å²) >= 11 is 7.29. The van der Waals surface area contributed by atoms with Crippen LogP contribution in [0, 0.1) is 3.95 Å². The molecule has 2 nitrogen and oxygen atoms in total. The van der Waals surface area contributed by atoms with E-state index in [-0.39, 0.29) is 0 Å². The van der Waals surface area contributed by atoms with Crippen molar-refractivity contribution < 1.29 is 0 Å². The fraction of sp³-hybridized carbons (Fsp3) is 0.0500. The molecule has 1 heterocycles. The highest BCUT2D eigenvalue weighted by Gasteiger charge is 2.12. The van der Waals surface area contributed by atoms with Crippen LogP contribution in [0.4, 0.5) is 11.4 Å². The molecule has 1 aromatic heterocycles. The zero-order valence-electron chi connectivity index (χ0n) is 13.0. The molecule has 3 aromatic carbocycles. The van der Waals surface area contributed by atoms with Gasteiger partial charge in [-0.05, 0) is 48.6 Å². The Morgan fingerprint density at radius 2 is 1.29 bits per heavy atom. The van der Waals surface area contributed by atoms with Gasteiger partial charge in [-0.1, -0.05) is 48.5 Å². The van der Waals surface area contributed by atoms with Crippen LogP contribution in [-0.4, -0.2) is 4.57 Å². The van der Waals surface area contributed by atoms with E-state index in [2.05, 4.69) is 82.3 Å². The van der Waals surface area contributed by atoms with Crippen molar-refractivity contribution in [2.45, 2.75) is 6.67 Å². The molecule has 0 N–H and O–H groups in total. The van der Waals surface area contributed by atoms with Crippen LogP contribution in [0.3, 0.4) is 0 Å². The first-order valence-corrected chi connectivity index (χ1v) is 9.01. The van der Waals surface area contributed by atoms with Crippen LogP contribution in [0.15, 0.2) is 84.9 Å². The lowest BCUT2D eigenvalue weighted by molar-refractivity contribution is 0.731. The average molecular weight is 348 g/mol. The van der Waals surface area contributed by atoms with Crippen LogP contribution in [-0.2, 0) is 6.67 Å². The molecule has 0 saturated carbocycles. The van der Waals surface area contributed by atoms with Gasteiger partial charge in [0.2, 0.25) is 0 Å². The molecule has 0 saturated heterocycles. The van der Waals surface area contributed by atoms with Crippen LogP contribution in [0.1, 0.15) is 0 Å². The van der Waals surface area contributed by atoms with E-state index in [0.29, 0.717) is 6.67 Å². The van der Waals surface area contributed by atoms with Gasteiger partial charge in [0, 0.05) is 11.4 Å². The topological polar surface area (TPSA) is 8.17 Å². The van der Waals surface area contributed by atoms with Crippen LogP contribution >= 0.6 is 23.6 Å². The number of aromatic nitrogens is 1. The molecule has 0 fully saturated rings. The third-order valence-corrected chi connectivity index (χ3v) is 5.42. The minimum atomic E-state index is 0.691. The first-order valence-electron chi connectivity index (χ1n) is 7.79. The first-order chi connectivity index (χ1) is 11.8. The van der Waals surface area contributed by atoms with E-state index in [1.165, 1.54) is 10.2 Å². The van der Waals surface area contributed by atoms with Crippen molar-refractivity contribution in [3.63, 3.8) is 0 Å². The molecule has 0 amide bonds. The number of para-hydroxylation sites is 3. The van der Waals surface area contributed by atoms with Crippen molar-refractivity contribution in [1.82, 2.24) is 4.57 Å². The predicted octanol–water partition coefficient (Wildman–Crippen LogP) is 6.23. The summed E-state index contributed by atoms with van der Waals surface area (Å²) in [6.45, 7) is 0.691. The molecule has 0 spiro atoms. The lowest BCUT2D eigenvalue weighted by Crippen LogP contribution is -2.20. The maximum atomic E-state index is 5.63. The fourth-order valence-corrected chi connectivity index (χ4v) is 4.13. The summed E-state index contributed by atoms with van der Waals surface area (Å²) in [5.74, 6) is 0. The number of thiazole rings is 1. The van der Waals surface area contributed by atoms with Gasteiger partial charge in [-0.15, -0.1) is 11.3 Å². The van der Waals surface area contributed by atoms with Crippen LogP contribution in [0.5, 0.6) is 0 Å². The number of benzene rings is 3. The van der Waals surface area contributed by atoms with Gasteiger partial charge < -0.3 is 9.47 Å². The lowest BCUT2D eigenvalue weighted by atomic mass is 10.2. The number of hydrogen-bond donors (Lipinski definition) is 0. The van der Waals surface area contributed by atoms with E-state index < -0.39 is 0 Å². The molecule has 0 atom stereocenters. The van der Waals surface area contributed by atoms with Gasteiger partial charge in [-0.25, -0.2) is 0 Å². The highest BCUT2D eigenvalue weighted by Crippen LogP contribution is 2.29. The Balaban J connectivity index is 1.83. The summed E-state index contributed by atoms with van der Waals surface area (Å²) in [6.07, 6.45) is 0. The molecule has 0 aliphatic rings. The minimum Gasteiger partial charge on any atom is -0.323 e. The predicted molar refractivity (Wildman–Crippen MR) is 106 cm³/mol. The Morgan fingerprint density at radius 1 is 0.750 bits per heavy atom. The van der Waals surface area contributed by atoms with Gasteiger partial charge in [0.25, 0.3) is 0 Å². The van der Waals surface area contributed by atoms with Crippen molar-refractivity contribution in [2.75, 3.05) is 4.90 Å². The second-order valence-electron chi connectivity index (χ2n) is 5.50. The Labute approximate surface area is 150 Å². The summed E-state index contributed by atoms with van der Waals surface area (Å²) in [5.41, 5.74) is 3.49. The lowest BCUT2D eigenvalue weighted by Gasteiger charge is -2.26. The smallest absolute Gasteiger partial charge is 0.163 e. The molecule has 0 aliphatic carbocycles. The third kappa shape index (κ3) is 2.86. The minimum absolute atomic E-state index is 0.691.